The van der Waals surface area contributed by atoms with Gasteiger partial charge in [0, 0.05) is 43.4 Å². The van der Waals surface area contributed by atoms with Gasteiger partial charge >= 0.3 is 0 Å². The Hall–Kier alpha value is -3.08. The molecule has 1 saturated heterocycles. The molecule has 0 aliphatic carbocycles. The number of ether oxygens (including phenoxy) is 1. The van der Waals surface area contributed by atoms with Gasteiger partial charge in [-0.15, -0.1) is 0 Å². The van der Waals surface area contributed by atoms with Crippen LogP contribution in [-0.2, 0) is 16.0 Å². The van der Waals surface area contributed by atoms with Crippen molar-refractivity contribution in [1.29, 1.82) is 5.26 Å². The number of rotatable bonds is 9. The van der Waals surface area contributed by atoms with E-state index in [0.29, 0.717) is 44.4 Å². The van der Waals surface area contributed by atoms with E-state index in [2.05, 4.69) is 11.0 Å². The molecule has 0 aromatic heterocycles. The van der Waals surface area contributed by atoms with E-state index in [9.17, 15) is 9.59 Å². The van der Waals surface area contributed by atoms with Gasteiger partial charge in [0.1, 0.15) is 5.75 Å². The lowest BCUT2D eigenvalue weighted by Gasteiger charge is -2.35. The van der Waals surface area contributed by atoms with Gasteiger partial charge in [-0.3, -0.25) is 14.5 Å². The number of anilines is 1. The molecule has 174 valence electrons. The average molecular weight is 469 g/mol. The lowest BCUT2D eigenvalue weighted by molar-refractivity contribution is -0.132. The standard InChI is InChI=1S/C25H29ClN4O3/c1-2-33-22-10-8-21(9-11-22)30(13-5-12-27)25(32)19-28-14-16-29(17-15-28)24(31)18-20-6-3-4-7-23(20)26/h3-4,6-11H,2,5,13-19H2,1H3. The normalized spacial score (nSPS) is 13.9. The van der Waals surface area contributed by atoms with Crippen molar-refractivity contribution in [3.63, 3.8) is 0 Å². The maximum Gasteiger partial charge on any atom is 0.241 e. The van der Waals surface area contributed by atoms with Gasteiger partial charge in [-0.05, 0) is 42.8 Å². The molecular weight excluding hydrogens is 440 g/mol. The van der Waals surface area contributed by atoms with Crippen LogP contribution in [-0.4, -0.2) is 67.5 Å². The van der Waals surface area contributed by atoms with Crippen molar-refractivity contribution in [3.05, 3.63) is 59.1 Å². The number of hydrogen-bond acceptors (Lipinski definition) is 5. The molecule has 1 aliphatic heterocycles. The molecular formula is C25H29ClN4O3. The van der Waals surface area contributed by atoms with E-state index >= 15 is 0 Å². The summed E-state index contributed by atoms with van der Waals surface area (Å²) in [5.41, 5.74) is 1.57. The van der Waals surface area contributed by atoms with Gasteiger partial charge in [-0.1, -0.05) is 29.8 Å². The fourth-order valence-electron chi connectivity index (χ4n) is 3.80. The highest BCUT2D eigenvalue weighted by Gasteiger charge is 2.25. The van der Waals surface area contributed by atoms with Crippen LogP contribution in [0.2, 0.25) is 5.02 Å². The van der Waals surface area contributed by atoms with Gasteiger partial charge in [-0.2, -0.15) is 5.26 Å². The maximum absolute atomic E-state index is 13.1. The summed E-state index contributed by atoms with van der Waals surface area (Å²) in [5, 5.41) is 9.62. The largest absolute Gasteiger partial charge is 0.494 e. The van der Waals surface area contributed by atoms with Crippen LogP contribution in [0.3, 0.4) is 0 Å². The zero-order valence-corrected chi connectivity index (χ0v) is 19.6. The fourth-order valence-corrected chi connectivity index (χ4v) is 4.00. The van der Waals surface area contributed by atoms with E-state index < -0.39 is 0 Å². The minimum absolute atomic E-state index is 0.0408. The molecule has 0 bridgehead atoms. The third-order valence-corrected chi connectivity index (χ3v) is 5.96. The monoisotopic (exact) mass is 468 g/mol. The van der Waals surface area contributed by atoms with Crippen molar-refractivity contribution in [2.45, 2.75) is 19.8 Å². The second-order valence-corrected chi connectivity index (χ2v) is 8.21. The molecule has 2 aromatic rings. The van der Waals surface area contributed by atoms with E-state index in [-0.39, 0.29) is 31.2 Å². The number of amides is 2. The Morgan fingerprint density at radius 3 is 2.42 bits per heavy atom. The van der Waals surface area contributed by atoms with Crippen LogP contribution in [0.25, 0.3) is 0 Å². The zero-order chi connectivity index (χ0) is 23.6. The lowest BCUT2D eigenvalue weighted by Crippen LogP contribution is -2.52. The molecule has 0 radical (unpaired) electrons. The van der Waals surface area contributed by atoms with Gasteiger partial charge in [0.15, 0.2) is 0 Å². The van der Waals surface area contributed by atoms with Crippen LogP contribution in [0.4, 0.5) is 5.69 Å². The Labute approximate surface area is 200 Å². The van der Waals surface area contributed by atoms with Gasteiger partial charge < -0.3 is 14.5 Å². The predicted molar refractivity (Wildman–Crippen MR) is 128 cm³/mol. The number of halogens is 1. The van der Waals surface area contributed by atoms with Gasteiger partial charge in [0.2, 0.25) is 11.8 Å². The van der Waals surface area contributed by atoms with Crippen molar-refractivity contribution in [1.82, 2.24) is 9.80 Å². The van der Waals surface area contributed by atoms with Crippen molar-refractivity contribution in [2.24, 2.45) is 0 Å². The predicted octanol–water partition coefficient (Wildman–Crippen LogP) is 3.37. The summed E-state index contributed by atoms with van der Waals surface area (Å²) in [4.78, 5) is 31.3. The van der Waals surface area contributed by atoms with Crippen LogP contribution in [0, 0.1) is 11.3 Å². The average Bonchev–Trinajstić information content (AvgIpc) is 2.82. The Morgan fingerprint density at radius 1 is 1.09 bits per heavy atom. The van der Waals surface area contributed by atoms with Crippen molar-refractivity contribution >= 4 is 29.1 Å². The molecule has 2 aromatic carbocycles. The summed E-state index contributed by atoms with van der Waals surface area (Å²) < 4.78 is 5.47. The highest BCUT2D eigenvalue weighted by atomic mass is 35.5. The zero-order valence-electron chi connectivity index (χ0n) is 18.9. The number of nitriles is 1. The number of hydrogen-bond donors (Lipinski definition) is 0. The van der Waals surface area contributed by atoms with Crippen molar-refractivity contribution in [2.75, 3.05) is 50.8 Å². The molecule has 0 N–H and O–H groups in total. The number of benzene rings is 2. The van der Waals surface area contributed by atoms with Gasteiger partial charge in [0.25, 0.3) is 0 Å². The van der Waals surface area contributed by atoms with E-state index in [1.54, 1.807) is 11.0 Å². The van der Waals surface area contributed by atoms with E-state index in [1.165, 1.54) is 0 Å². The second-order valence-electron chi connectivity index (χ2n) is 7.81. The first-order valence-corrected chi connectivity index (χ1v) is 11.5. The summed E-state index contributed by atoms with van der Waals surface area (Å²) in [7, 11) is 0. The molecule has 33 heavy (non-hydrogen) atoms. The fraction of sp³-hybridized carbons (Fsp3) is 0.400. The first-order valence-electron chi connectivity index (χ1n) is 11.2. The molecule has 1 aliphatic rings. The third-order valence-electron chi connectivity index (χ3n) is 5.59. The molecule has 3 rings (SSSR count). The number of nitrogens with zero attached hydrogens (tertiary/aromatic N) is 4. The first-order chi connectivity index (χ1) is 16.0. The quantitative estimate of drug-likeness (QED) is 0.564. The second kappa shape index (κ2) is 12.2. The minimum Gasteiger partial charge on any atom is -0.494 e. The summed E-state index contributed by atoms with van der Waals surface area (Å²) in [6.45, 7) is 5.44. The third kappa shape index (κ3) is 6.95. The van der Waals surface area contributed by atoms with Crippen molar-refractivity contribution < 1.29 is 14.3 Å². The number of carbonyl (C=O) groups excluding carboxylic acids is 2. The molecule has 1 heterocycles. The summed E-state index contributed by atoms with van der Waals surface area (Å²) >= 11 is 6.18. The Balaban J connectivity index is 1.55. The Morgan fingerprint density at radius 2 is 1.79 bits per heavy atom. The molecule has 7 nitrogen and oxygen atoms in total. The molecule has 2 amide bonds. The number of carbonyl (C=O) groups is 2. The SMILES string of the molecule is CCOc1ccc(N(CCC#N)C(=O)CN2CCN(C(=O)Cc3ccccc3Cl)CC2)cc1. The molecule has 0 saturated carbocycles. The lowest BCUT2D eigenvalue weighted by atomic mass is 10.1. The molecule has 1 fully saturated rings. The summed E-state index contributed by atoms with van der Waals surface area (Å²) in [6.07, 6.45) is 0.529. The smallest absolute Gasteiger partial charge is 0.241 e. The first kappa shape index (κ1) is 24.6. The van der Waals surface area contributed by atoms with Crippen LogP contribution < -0.4 is 9.64 Å². The van der Waals surface area contributed by atoms with E-state index in [0.717, 1.165) is 17.0 Å². The molecule has 0 unspecified atom stereocenters. The van der Waals surface area contributed by atoms with Crippen LogP contribution >= 0.6 is 11.6 Å². The highest BCUT2D eigenvalue weighted by molar-refractivity contribution is 6.31. The maximum atomic E-state index is 13.1. The van der Waals surface area contributed by atoms with Crippen LogP contribution in [0.5, 0.6) is 5.75 Å². The van der Waals surface area contributed by atoms with Gasteiger partial charge in [0.05, 0.1) is 32.1 Å². The van der Waals surface area contributed by atoms with Crippen LogP contribution in [0.1, 0.15) is 18.9 Å². The molecule has 0 spiro atoms. The summed E-state index contributed by atoms with van der Waals surface area (Å²) in [5.74, 6) is 0.718. The van der Waals surface area contributed by atoms with Crippen LogP contribution in [0.15, 0.2) is 48.5 Å². The van der Waals surface area contributed by atoms with Gasteiger partial charge in [-0.25, -0.2) is 0 Å². The summed E-state index contributed by atoms with van der Waals surface area (Å²) in [6, 6.07) is 16.8. The Bertz CT molecular complexity index is 982. The van der Waals surface area contributed by atoms with Crippen molar-refractivity contribution in [3.8, 4) is 11.8 Å². The topological polar surface area (TPSA) is 76.9 Å². The molecule has 0 atom stereocenters. The Kier molecular flexibility index (Phi) is 9.11. The molecule has 8 heteroatoms. The number of piperazine rings is 1. The minimum atomic E-state index is -0.0646. The van der Waals surface area contributed by atoms with E-state index in [4.69, 9.17) is 21.6 Å². The highest BCUT2D eigenvalue weighted by Crippen LogP contribution is 2.21. The van der Waals surface area contributed by atoms with E-state index in [1.807, 2.05) is 54.3 Å².